The van der Waals surface area contributed by atoms with Gasteiger partial charge in [-0.2, -0.15) is 0 Å². The Kier molecular flexibility index (Phi) is 10.0. The number of benzene rings is 10. The molecule has 0 saturated heterocycles. The zero-order valence-corrected chi connectivity index (χ0v) is 33.1. The predicted octanol–water partition coefficient (Wildman–Crippen LogP) is 16.4. The highest BCUT2D eigenvalue weighted by Crippen LogP contribution is 2.46. The third-order valence-electron chi connectivity index (χ3n) is 11.3. The lowest BCUT2D eigenvalue weighted by Crippen LogP contribution is -2.13. The van der Waals surface area contributed by atoms with E-state index in [1.807, 2.05) is 0 Å². The maximum absolute atomic E-state index is 2.39. The molecule has 10 aromatic rings. The Morgan fingerprint density at radius 3 is 0.600 bits per heavy atom. The molecule has 0 aliphatic carbocycles. The molecule has 0 aliphatic heterocycles. The van der Waals surface area contributed by atoms with Crippen molar-refractivity contribution in [1.29, 1.82) is 0 Å². The molecule has 2 heteroatoms. The lowest BCUT2D eigenvalue weighted by molar-refractivity contribution is 1.28. The molecule has 0 bridgehead atoms. The monoisotopic (exact) mass is 766 g/mol. The molecule has 2 nitrogen and oxygen atoms in total. The molecular weight excluding hydrogens is 725 g/mol. The average Bonchev–Trinajstić information content (AvgIpc) is 3.34. The van der Waals surface area contributed by atoms with Crippen molar-refractivity contribution in [2.45, 2.75) is 0 Å². The first-order valence-corrected chi connectivity index (χ1v) is 20.5. The summed E-state index contributed by atoms with van der Waals surface area (Å²) in [7, 11) is 0. The Hall–Kier alpha value is -7.94. The third-order valence-corrected chi connectivity index (χ3v) is 11.3. The van der Waals surface area contributed by atoms with E-state index in [4.69, 9.17) is 0 Å². The highest BCUT2D eigenvalue weighted by atomic mass is 15.2. The summed E-state index contributed by atoms with van der Waals surface area (Å²) in [4.78, 5) is 4.78. The lowest BCUT2D eigenvalue weighted by atomic mass is 10.0. The summed E-state index contributed by atoms with van der Waals surface area (Å²) in [6, 6.07) is 91.5. The van der Waals surface area contributed by atoms with Crippen LogP contribution in [-0.4, -0.2) is 0 Å². The minimum atomic E-state index is 1.09. The molecule has 284 valence electrons. The summed E-state index contributed by atoms with van der Waals surface area (Å²) in [6.07, 6.45) is 0. The van der Waals surface area contributed by atoms with Gasteiger partial charge in [0.25, 0.3) is 0 Å². The first-order valence-electron chi connectivity index (χ1n) is 20.5. The minimum absolute atomic E-state index is 1.09. The number of fused-ring (bicyclic) bond motifs is 1. The van der Waals surface area contributed by atoms with Gasteiger partial charge in [-0.15, -0.1) is 0 Å². The number of rotatable bonds is 10. The van der Waals surface area contributed by atoms with E-state index < -0.39 is 0 Å². The van der Waals surface area contributed by atoms with E-state index in [-0.39, 0.29) is 0 Å². The zero-order chi connectivity index (χ0) is 40.1. The topological polar surface area (TPSA) is 6.48 Å². The molecule has 0 aliphatic rings. The van der Waals surface area contributed by atoms with Crippen LogP contribution in [0.2, 0.25) is 0 Å². The maximum Gasteiger partial charge on any atom is 0.0541 e. The van der Waals surface area contributed by atoms with Crippen molar-refractivity contribution in [3.63, 3.8) is 0 Å². The molecule has 0 atom stereocenters. The van der Waals surface area contributed by atoms with E-state index in [1.54, 1.807) is 0 Å². The largest absolute Gasteiger partial charge is 0.310 e. The normalized spacial score (nSPS) is 11.0. The van der Waals surface area contributed by atoms with Gasteiger partial charge in [0.2, 0.25) is 0 Å². The van der Waals surface area contributed by atoms with Gasteiger partial charge < -0.3 is 9.80 Å². The summed E-state index contributed by atoms with van der Waals surface area (Å²) in [5, 5.41) is 2.31. The quantitative estimate of drug-likeness (QED) is 0.137. The van der Waals surface area contributed by atoms with Crippen molar-refractivity contribution in [1.82, 2.24) is 0 Å². The maximum atomic E-state index is 2.39. The van der Waals surface area contributed by atoms with E-state index in [9.17, 15) is 0 Å². The van der Waals surface area contributed by atoms with Crippen molar-refractivity contribution >= 4 is 44.9 Å². The van der Waals surface area contributed by atoms with Crippen LogP contribution >= 0.6 is 0 Å². The highest BCUT2D eigenvalue weighted by Gasteiger charge is 2.21. The second kappa shape index (κ2) is 16.5. The molecule has 0 saturated carbocycles. The predicted molar refractivity (Wildman–Crippen MR) is 255 cm³/mol. The molecular formula is C58H42N2. The van der Waals surface area contributed by atoms with Crippen molar-refractivity contribution in [2.24, 2.45) is 0 Å². The molecule has 10 rings (SSSR count). The van der Waals surface area contributed by atoms with Crippen LogP contribution in [0.5, 0.6) is 0 Å². The van der Waals surface area contributed by atoms with E-state index >= 15 is 0 Å². The fourth-order valence-electron chi connectivity index (χ4n) is 8.25. The molecule has 0 N–H and O–H groups in total. The summed E-state index contributed by atoms with van der Waals surface area (Å²) in [5.41, 5.74) is 16.1. The molecule has 0 unspecified atom stereocenters. The van der Waals surface area contributed by atoms with E-state index in [0.717, 1.165) is 44.9 Å². The first kappa shape index (κ1) is 36.4. The SMILES string of the molecule is c1ccc(-c2ccc(N(c3ccc(-c4ccccc4)cc3)c3ccc(N(c4ccc(-c5ccccc5)cc4)c4ccc(-c5ccccc5)cc4)c4ccccc34)cc2)cc1. The van der Waals surface area contributed by atoms with E-state index in [0.29, 0.717) is 0 Å². The Bertz CT molecular complexity index is 2590. The van der Waals surface area contributed by atoms with Gasteiger partial charge in [-0.25, -0.2) is 0 Å². The Labute approximate surface area is 352 Å². The van der Waals surface area contributed by atoms with Crippen LogP contribution in [-0.2, 0) is 0 Å². The van der Waals surface area contributed by atoms with Gasteiger partial charge in [-0.1, -0.05) is 194 Å². The van der Waals surface area contributed by atoms with Crippen molar-refractivity contribution in [3.05, 3.63) is 255 Å². The van der Waals surface area contributed by atoms with Crippen LogP contribution in [0.3, 0.4) is 0 Å². The molecule has 0 amide bonds. The van der Waals surface area contributed by atoms with Gasteiger partial charge in [0, 0.05) is 33.5 Å². The van der Waals surface area contributed by atoms with Gasteiger partial charge in [-0.3, -0.25) is 0 Å². The second-order valence-electron chi connectivity index (χ2n) is 15.0. The third kappa shape index (κ3) is 7.35. The Balaban J connectivity index is 1.12. The summed E-state index contributed by atoms with van der Waals surface area (Å²) < 4.78 is 0. The fourth-order valence-corrected chi connectivity index (χ4v) is 8.25. The minimum Gasteiger partial charge on any atom is -0.310 e. The second-order valence-corrected chi connectivity index (χ2v) is 15.0. The van der Waals surface area contributed by atoms with Crippen molar-refractivity contribution in [3.8, 4) is 44.5 Å². The van der Waals surface area contributed by atoms with E-state index in [1.165, 1.54) is 44.5 Å². The summed E-state index contributed by atoms with van der Waals surface area (Å²) in [5.74, 6) is 0. The standard InChI is InChI=1S/C58H42N2/c1-5-15-43(16-6-1)47-25-33-51(34-26-47)59(52-35-27-48(28-36-52)44-17-7-2-8-18-44)57-41-42-58(56-24-14-13-23-55(56)57)60(53-37-29-49(30-38-53)45-19-9-3-10-20-45)54-39-31-50(32-40-54)46-21-11-4-12-22-46/h1-42H. The van der Waals surface area contributed by atoms with Crippen LogP contribution in [0.4, 0.5) is 34.1 Å². The average molecular weight is 767 g/mol. The first-order chi connectivity index (χ1) is 29.8. The molecule has 0 radical (unpaired) electrons. The van der Waals surface area contributed by atoms with Crippen LogP contribution < -0.4 is 9.80 Å². The van der Waals surface area contributed by atoms with Crippen LogP contribution in [0, 0.1) is 0 Å². The molecule has 0 fully saturated rings. The molecule has 0 heterocycles. The van der Waals surface area contributed by atoms with Gasteiger partial charge in [0.05, 0.1) is 11.4 Å². The van der Waals surface area contributed by atoms with Crippen LogP contribution in [0.25, 0.3) is 55.3 Å². The van der Waals surface area contributed by atoms with Gasteiger partial charge in [-0.05, 0) is 105 Å². The molecule has 0 spiro atoms. The van der Waals surface area contributed by atoms with Gasteiger partial charge >= 0.3 is 0 Å². The highest BCUT2D eigenvalue weighted by molar-refractivity contribution is 6.07. The van der Waals surface area contributed by atoms with Gasteiger partial charge in [0.1, 0.15) is 0 Å². The summed E-state index contributed by atoms with van der Waals surface area (Å²) in [6.45, 7) is 0. The Morgan fingerprint density at radius 1 is 0.167 bits per heavy atom. The number of nitrogens with zero attached hydrogens (tertiary/aromatic N) is 2. The van der Waals surface area contributed by atoms with Crippen LogP contribution in [0.15, 0.2) is 255 Å². The molecule has 60 heavy (non-hydrogen) atoms. The fraction of sp³-hybridized carbons (Fsp3) is 0. The molecule has 0 aromatic heterocycles. The Morgan fingerprint density at radius 2 is 0.367 bits per heavy atom. The van der Waals surface area contributed by atoms with Crippen LogP contribution in [0.1, 0.15) is 0 Å². The number of hydrogen-bond acceptors (Lipinski definition) is 2. The lowest BCUT2D eigenvalue weighted by Gasteiger charge is -2.31. The summed E-state index contributed by atoms with van der Waals surface area (Å²) >= 11 is 0. The van der Waals surface area contributed by atoms with Crippen molar-refractivity contribution in [2.75, 3.05) is 9.80 Å². The number of hydrogen-bond donors (Lipinski definition) is 0. The number of anilines is 6. The zero-order valence-electron chi connectivity index (χ0n) is 33.1. The van der Waals surface area contributed by atoms with Gasteiger partial charge in [0.15, 0.2) is 0 Å². The smallest absolute Gasteiger partial charge is 0.0541 e. The van der Waals surface area contributed by atoms with Crippen molar-refractivity contribution < 1.29 is 0 Å². The van der Waals surface area contributed by atoms with E-state index in [2.05, 4.69) is 265 Å². The molecule has 10 aromatic carbocycles.